The number of nitrogens with zero attached hydrogens (tertiary/aromatic N) is 3. The molecule has 12 heteroatoms. The number of ether oxygens (including phenoxy) is 2. The highest BCUT2D eigenvalue weighted by atomic mass is 35.5. The molecule has 0 spiro atoms. The van der Waals surface area contributed by atoms with E-state index in [1.54, 1.807) is 0 Å². The number of rotatable bonds is 8. The number of hydrogen-bond acceptors (Lipinski definition) is 7. The van der Waals surface area contributed by atoms with E-state index in [2.05, 4.69) is 10.2 Å². The molecule has 8 nitrogen and oxygen atoms in total. The molecule has 2 heterocycles. The quantitative estimate of drug-likeness (QED) is 0.458. The predicted octanol–water partition coefficient (Wildman–Crippen LogP) is 4.02. The molecule has 0 bridgehead atoms. The molecule has 32 heavy (non-hydrogen) atoms. The van der Waals surface area contributed by atoms with Gasteiger partial charge < -0.3 is 23.3 Å². The Morgan fingerprint density at radius 1 is 1.19 bits per heavy atom. The fraction of sp³-hybridized carbons (Fsp3) is 0.300. The minimum Gasteiger partial charge on any atom is -0.495 e. The number of pyridine rings is 1. The second-order valence-corrected chi connectivity index (χ2v) is 7.02. The number of benzene rings is 1. The Labute approximate surface area is 184 Å². The summed E-state index contributed by atoms with van der Waals surface area (Å²) in [4.78, 5) is 24.3. The van der Waals surface area contributed by atoms with Crippen LogP contribution in [0, 0.1) is 0 Å². The molecule has 1 unspecified atom stereocenters. The predicted molar refractivity (Wildman–Crippen MR) is 108 cm³/mol. The third-order valence-electron chi connectivity index (χ3n) is 4.57. The van der Waals surface area contributed by atoms with Crippen LogP contribution >= 0.6 is 11.6 Å². The van der Waals surface area contributed by atoms with Gasteiger partial charge in [0.05, 0.1) is 19.3 Å². The SMILES string of the molecule is COCCC(C=O)n1cc(OC)c(-c2cc(Cl)ccc2-c2nnc(C(F)(F)F)o2)cc1=O. The Hall–Kier alpha value is -3.18. The summed E-state index contributed by atoms with van der Waals surface area (Å²) in [5, 5.41) is 6.76. The number of carbonyl (C=O) groups is 1. The second-order valence-electron chi connectivity index (χ2n) is 6.59. The van der Waals surface area contributed by atoms with Gasteiger partial charge in [0.25, 0.3) is 5.56 Å². The molecule has 0 aliphatic heterocycles. The smallest absolute Gasteiger partial charge is 0.470 e. The number of carbonyl (C=O) groups excluding carboxylic acids is 1. The Balaban J connectivity index is 2.17. The first kappa shape index (κ1) is 23.5. The third-order valence-corrected chi connectivity index (χ3v) is 4.80. The average Bonchev–Trinajstić information content (AvgIpc) is 3.25. The maximum absolute atomic E-state index is 12.9. The van der Waals surface area contributed by atoms with Crippen LogP contribution in [-0.2, 0) is 15.7 Å². The molecule has 0 N–H and O–H groups in total. The molecule has 170 valence electrons. The van der Waals surface area contributed by atoms with Gasteiger partial charge in [-0.05, 0) is 30.2 Å². The van der Waals surface area contributed by atoms with Crippen LogP contribution in [0.4, 0.5) is 13.2 Å². The molecule has 3 aromatic rings. The molecule has 0 saturated carbocycles. The lowest BCUT2D eigenvalue weighted by molar-refractivity contribution is -0.156. The van der Waals surface area contributed by atoms with Gasteiger partial charge in [-0.25, -0.2) is 0 Å². The zero-order chi connectivity index (χ0) is 23.5. The molecule has 0 aliphatic carbocycles. The summed E-state index contributed by atoms with van der Waals surface area (Å²) in [5.41, 5.74) is 0.0190. The minimum atomic E-state index is -4.82. The molecule has 0 amide bonds. The summed E-state index contributed by atoms with van der Waals surface area (Å²) in [5.74, 6) is -1.75. The number of halogens is 4. The maximum Gasteiger partial charge on any atom is 0.470 e. The number of methoxy groups -OCH3 is 2. The summed E-state index contributed by atoms with van der Waals surface area (Å²) >= 11 is 6.10. The second kappa shape index (κ2) is 9.53. The topological polar surface area (TPSA) is 96.5 Å². The monoisotopic (exact) mass is 471 g/mol. The van der Waals surface area contributed by atoms with Crippen LogP contribution in [0.2, 0.25) is 5.02 Å². The minimum absolute atomic E-state index is 0.110. The summed E-state index contributed by atoms with van der Waals surface area (Å²) in [6.07, 6.45) is -2.61. The van der Waals surface area contributed by atoms with Crippen molar-refractivity contribution in [3.05, 3.63) is 51.7 Å². The fourth-order valence-electron chi connectivity index (χ4n) is 3.04. The first-order valence-corrected chi connectivity index (χ1v) is 9.52. The van der Waals surface area contributed by atoms with Crippen molar-refractivity contribution in [3.63, 3.8) is 0 Å². The molecular weight excluding hydrogens is 455 g/mol. The van der Waals surface area contributed by atoms with E-state index in [-0.39, 0.29) is 40.5 Å². The summed E-state index contributed by atoms with van der Waals surface area (Å²) in [6.45, 7) is 0.247. The lowest BCUT2D eigenvalue weighted by atomic mass is 9.99. The van der Waals surface area contributed by atoms with Gasteiger partial charge in [-0.15, -0.1) is 10.2 Å². The van der Waals surface area contributed by atoms with E-state index in [1.807, 2.05) is 0 Å². The summed E-state index contributed by atoms with van der Waals surface area (Å²) in [7, 11) is 2.81. The first-order valence-electron chi connectivity index (χ1n) is 9.15. The molecule has 1 atom stereocenters. The molecule has 0 fully saturated rings. The van der Waals surface area contributed by atoms with Crippen molar-refractivity contribution in [2.75, 3.05) is 20.8 Å². The number of alkyl halides is 3. The van der Waals surface area contributed by atoms with Gasteiger partial charge in [0, 0.05) is 35.9 Å². The van der Waals surface area contributed by atoms with E-state index >= 15 is 0 Å². The van der Waals surface area contributed by atoms with Gasteiger partial charge >= 0.3 is 12.1 Å². The van der Waals surface area contributed by atoms with E-state index in [0.29, 0.717) is 6.29 Å². The summed E-state index contributed by atoms with van der Waals surface area (Å²) < 4.78 is 55.0. The van der Waals surface area contributed by atoms with Gasteiger partial charge in [-0.2, -0.15) is 13.2 Å². The Morgan fingerprint density at radius 2 is 1.94 bits per heavy atom. The Morgan fingerprint density at radius 3 is 2.53 bits per heavy atom. The van der Waals surface area contributed by atoms with Crippen LogP contribution in [0.15, 0.2) is 39.7 Å². The van der Waals surface area contributed by atoms with Gasteiger partial charge in [0.15, 0.2) is 0 Å². The van der Waals surface area contributed by atoms with Crippen LogP contribution in [0.5, 0.6) is 5.75 Å². The van der Waals surface area contributed by atoms with E-state index in [0.717, 1.165) is 0 Å². The normalized spacial score (nSPS) is 12.6. The van der Waals surface area contributed by atoms with Crippen LogP contribution in [0.3, 0.4) is 0 Å². The third kappa shape index (κ3) is 4.83. The van der Waals surface area contributed by atoms with Crippen LogP contribution in [0.1, 0.15) is 18.4 Å². The standard InChI is InChI=1S/C20H17ClF3N3O5/c1-30-6-5-12(10-28)27-9-16(31-2)15(8-17(27)29)14-7-11(21)3-4-13(14)18-25-26-19(32-18)20(22,23)24/h3-4,7-10,12H,5-6H2,1-2H3. The summed E-state index contributed by atoms with van der Waals surface area (Å²) in [6, 6.07) is 4.65. The largest absolute Gasteiger partial charge is 0.495 e. The molecule has 0 radical (unpaired) electrons. The maximum atomic E-state index is 12.9. The Kier molecular flexibility index (Phi) is 6.99. The highest BCUT2D eigenvalue weighted by Gasteiger charge is 2.38. The van der Waals surface area contributed by atoms with E-state index in [1.165, 1.54) is 49.2 Å². The zero-order valence-corrected chi connectivity index (χ0v) is 17.6. The molecule has 3 rings (SSSR count). The number of aromatic nitrogens is 3. The number of aldehydes is 1. The molecule has 2 aromatic heterocycles. The van der Waals surface area contributed by atoms with Crippen molar-refractivity contribution in [1.29, 1.82) is 0 Å². The van der Waals surface area contributed by atoms with Gasteiger partial charge in [0.1, 0.15) is 12.0 Å². The van der Waals surface area contributed by atoms with Crippen molar-refractivity contribution in [2.24, 2.45) is 0 Å². The van der Waals surface area contributed by atoms with Gasteiger partial charge in [-0.1, -0.05) is 11.6 Å². The number of hydrogen-bond donors (Lipinski definition) is 0. The average molecular weight is 472 g/mol. The van der Waals surface area contributed by atoms with Crippen LogP contribution < -0.4 is 10.3 Å². The van der Waals surface area contributed by atoms with Crippen LogP contribution in [0.25, 0.3) is 22.6 Å². The zero-order valence-electron chi connectivity index (χ0n) is 16.9. The van der Waals surface area contributed by atoms with Gasteiger partial charge in [0.2, 0.25) is 5.89 Å². The van der Waals surface area contributed by atoms with E-state index < -0.39 is 29.6 Å². The molecule has 0 saturated heterocycles. The van der Waals surface area contributed by atoms with Crippen LogP contribution in [-0.4, -0.2) is 41.9 Å². The van der Waals surface area contributed by atoms with Crippen molar-refractivity contribution >= 4 is 17.9 Å². The Bertz CT molecular complexity index is 1180. The lowest BCUT2D eigenvalue weighted by Crippen LogP contribution is -2.26. The fourth-order valence-corrected chi connectivity index (χ4v) is 3.22. The van der Waals surface area contributed by atoms with Crippen molar-refractivity contribution in [1.82, 2.24) is 14.8 Å². The van der Waals surface area contributed by atoms with Gasteiger partial charge in [-0.3, -0.25) is 4.79 Å². The van der Waals surface area contributed by atoms with E-state index in [4.69, 9.17) is 25.5 Å². The highest BCUT2D eigenvalue weighted by molar-refractivity contribution is 6.31. The molecule has 1 aromatic carbocycles. The lowest BCUT2D eigenvalue weighted by Gasteiger charge is -2.18. The van der Waals surface area contributed by atoms with Crippen molar-refractivity contribution < 1.29 is 31.9 Å². The van der Waals surface area contributed by atoms with Crippen molar-refractivity contribution in [2.45, 2.75) is 18.6 Å². The first-order chi connectivity index (χ1) is 15.2. The molecular formula is C20H17ClF3N3O5. The van der Waals surface area contributed by atoms with Crippen molar-refractivity contribution in [3.8, 4) is 28.3 Å². The molecule has 0 aliphatic rings. The van der Waals surface area contributed by atoms with E-state index in [9.17, 15) is 22.8 Å². The highest BCUT2D eigenvalue weighted by Crippen LogP contribution is 2.39.